The number of nitrogens with zero attached hydrogens (tertiary/aromatic N) is 3. The lowest BCUT2D eigenvalue weighted by Crippen LogP contribution is -2.47. The van der Waals surface area contributed by atoms with Gasteiger partial charge >= 0.3 is 12.2 Å². The molecule has 1 fully saturated rings. The van der Waals surface area contributed by atoms with Gasteiger partial charge in [-0.2, -0.15) is 18.4 Å². The van der Waals surface area contributed by atoms with Crippen molar-refractivity contribution in [1.82, 2.24) is 15.6 Å². The van der Waals surface area contributed by atoms with Gasteiger partial charge in [-0.15, -0.1) is 0 Å². The van der Waals surface area contributed by atoms with Gasteiger partial charge in [-0.25, -0.2) is 9.78 Å². The van der Waals surface area contributed by atoms with Gasteiger partial charge in [0.05, 0.1) is 11.6 Å². The molecule has 0 unspecified atom stereocenters. The number of urea groups is 1. The first-order valence-corrected chi connectivity index (χ1v) is 9.77. The average Bonchev–Trinajstić information content (AvgIpc) is 2.77. The second-order valence-corrected chi connectivity index (χ2v) is 7.12. The molecule has 1 aromatic carbocycles. The van der Waals surface area contributed by atoms with E-state index in [1.807, 2.05) is 12.1 Å². The Bertz CT molecular complexity index is 920. The summed E-state index contributed by atoms with van der Waals surface area (Å²) >= 11 is 0. The monoisotopic (exact) mass is 433 g/mol. The number of alkyl halides is 3. The predicted molar refractivity (Wildman–Crippen MR) is 108 cm³/mol. The number of anilines is 1. The van der Waals surface area contributed by atoms with Gasteiger partial charge in [0.15, 0.2) is 6.61 Å². The second-order valence-electron chi connectivity index (χ2n) is 7.12. The molecule has 0 saturated carbocycles. The molecule has 2 heterocycles. The molecule has 1 aromatic heterocycles. The van der Waals surface area contributed by atoms with Crippen LogP contribution in [0.15, 0.2) is 42.6 Å². The SMILES string of the molecule is N#Cc1ccc(N2CCC(NC(=O)NCc3cccnc3OCC(F)(F)F)CC2)cc1. The van der Waals surface area contributed by atoms with Crippen molar-refractivity contribution in [2.45, 2.75) is 31.6 Å². The van der Waals surface area contributed by atoms with Crippen LogP contribution in [0.1, 0.15) is 24.0 Å². The number of carbonyl (C=O) groups is 1. The van der Waals surface area contributed by atoms with Crippen molar-refractivity contribution < 1.29 is 22.7 Å². The quantitative estimate of drug-likeness (QED) is 0.729. The second kappa shape index (κ2) is 10.0. The van der Waals surface area contributed by atoms with Crippen LogP contribution < -0.4 is 20.3 Å². The number of halogens is 3. The lowest BCUT2D eigenvalue weighted by atomic mass is 10.0. The molecule has 0 aliphatic carbocycles. The van der Waals surface area contributed by atoms with Crippen LogP contribution in [-0.4, -0.2) is 42.9 Å². The topological polar surface area (TPSA) is 90.3 Å². The summed E-state index contributed by atoms with van der Waals surface area (Å²) in [5.74, 6) is -0.157. The summed E-state index contributed by atoms with van der Waals surface area (Å²) in [6.45, 7) is 0.0712. The van der Waals surface area contributed by atoms with Crippen molar-refractivity contribution in [3.63, 3.8) is 0 Å². The number of hydrogen-bond donors (Lipinski definition) is 2. The maximum absolute atomic E-state index is 12.4. The molecule has 2 N–H and O–H groups in total. The Kier molecular flexibility index (Phi) is 7.18. The van der Waals surface area contributed by atoms with Crippen LogP contribution in [0, 0.1) is 11.3 Å². The molecule has 164 valence electrons. The van der Waals surface area contributed by atoms with E-state index in [0.29, 0.717) is 11.1 Å². The van der Waals surface area contributed by atoms with E-state index < -0.39 is 18.8 Å². The lowest BCUT2D eigenvalue weighted by Gasteiger charge is -2.34. The zero-order valence-corrected chi connectivity index (χ0v) is 16.7. The van der Waals surface area contributed by atoms with Crippen LogP contribution in [0.3, 0.4) is 0 Å². The number of benzene rings is 1. The van der Waals surface area contributed by atoms with Crippen LogP contribution in [0.5, 0.6) is 5.88 Å². The molecule has 3 rings (SSSR count). The third-order valence-corrected chi connectivity index (χ3v) is 4.85. The largest absolute Gasteiger partial charge is 0.468 e. The minimum Gasteiger partial charge on any atom is -0.468 e. The Morgan fingerprint density at radius 3 is 2.58 bits per heavy atom. The normalized spacial score (nSPS) is 14.6. The van der Waals surface area contributed by atoms with E-state index in [9.17, 15) is 18.0 Å². The molecule has 0 radical (unpaired) electrons. The molecule has 7 nitrogen and oxygen atoms in total. The number of nitrogens with one attached hydrogen (secondary N) is 2. The van der Waals surface area contributed by atoms with E-state index in [-0.39, 0.29) is 18.5 Å². The van der Waals surface area contributed by atoms with E-state index in [1.165, 1.54) is 6.20 Å². The van der Waals surface area contributed by atoms with E-state index >= 15 is 0 Å². The lowest BCUT2D eigenvalue weighted by molar-refractivity contribution is -0.154. The molecule has 1 aliphatic rings. The van der Waals surface area contributed by atoms with Crippen LogP contribution in [0.2, 0.25) is 0 Å². The van der Waals surface area contributed by atoms with Crippen LogP contribution in [0.25, 0.3) is 0 Å². The van der Waals surface area contributed by atoms with Gasteiger partial charge in [0, 0.05) is 43.1 Å². The number of rotatable bonds is 6. The van der Waals surface area contributed by atoms with Gasteiger partial charge in [-0.1, -0.05) is 6.07 Å². The average molecular weight is 433 g/mol. The molecule has 10 heteroatoms. The third-order valence-electron chi connectivity index (χ3n) is 4.85. The van der Waals surface area contributed by atoms with Gasteiger partial charge < -0.3 is 20.3 Å². The highest BCUT2D eigenvalue weighted by Gasteiger charge is 2.29. The molecular formula is C21H22F3N5O2. The molecule has 31 heavy (non-hydrogen) atoms. The summed E-state index contributed by atoms with van der Waals surface area (Å²) in [5.41, 5.74) is 2.00. The molecule has 2 amide bonds. The standard InChI is InChI=1S/C21H22F3N5O2/c22-21(23,24)14-31-19-16(2-1-9-26-19)13-27-20(30)28-17-7-10-29(11-8-17)18-5-3-15(12-25)4-6-18/h1-6,9,17H,7-8,10-11,13-14H2,(H2,27,28,30). The number of hydrogen-bond acceptors (Lipinski definition) is 5. The van der Waals surface area contributed by atoms with Crippen molar-refractivity contribution >= 4 is 11.7 Å². The Hall–Kier alpha value is -3.48. The highest BCUT2D eigenvalue weighted by molar-refractivity contribution is 5.74. The minimum atomic E-state index is -4.47. The summed E-state index contributed by atoms with van der Waals surface area (Å²) < 4.78 is 41.8. The van der Waals surface area contributed by atoms with E-state index in [4.69, 9.17) is 10.00 Å². The van der Waals surface area contributed by atoms with Crippen molar-refractivity contribution in [2.24, 2.45) is 0 Å². The Morgan fingerprint density at radius 1 is 1.23 bits per heavy atom. The summed E-state index contributed by atoms with van der Waals surface area (Å²) in [6, 6.07) is 12.2. The number of piperidine rings is 1. The van der Waals surface area contributed by atoms with Crippen molar-refractivity contribution in [1.29, 1.82) is 5.26 Å². The van der Waals surface area contributed by atoms with E-state index in [0.717, 1.165) is 31.6 Å². The Balaban J connectivity index is 1.44. The maximum Gasteiger partial charge on any atom is 0.422 e. The number of ether oxygens (including phenoxy) is 1. The van der Waals surface area contributed by atoms with Crippen molar-refractivity contribution in [2.75, 3.05) is 24.6 Å². The maximum atomic E-state index is 12.4. The molecular weight excluding hydrogens is 411 g/mol. The Labute approximate surface area is 177 Å². The fourth-order valence-electron chi connectivity index (χ4n) is 3.28. The summed E-state index contributed by atoms with van der Waals surface area (Å²) in [4.78, 5) is 18.2. The van der Waals surface area contributed by atoms with E-state index in [1.54, 1.807) is 24.3 Å². The van der Waals surface area contributed by atoms with E-state index in [2.05, 4.69) is 26.6 Å². The smallest absolute Gasteiger partial charge is 0.422 e. The molecule has 1 saturated heterocycles. The van der Waals surface area contributed by atoms with Crippen LogP contribution in [0.4, 0.5) is 23.7 Å². The Morgan fingerprint density at radius 2 is 1.94 bits per heavy atom. The first kappa shape index (κ1) is 22.2. The highest BCUT2D eigenvalue weighted by atomic mass is 19.4. The third kappa shape index (κ3) is 6.77. The van der Waals surface area contributed by atoms with Gasteiger partial charge in [0.2, 0.25) is 5.88 Å². The first-order chi connectivity index (χ1) is 14.8. The minimum absolute atomic E-state index is 0.00303. The van der Waals surface area contributed by atoms with Crippen LogP contribution in [-0.2, 0) is 6.54 Å². The van der Waals surface area contributed by atoms with Gasteiger partial charge in [0.1, 0.15) is 0 Å². The van der Waals surface area contributed by atoms with Gasteiger partial charge in [-0.3, -0.25) is 0 Å². The fourth-order valence-corrected chi connectivity index (χ4v) is 3.28. The molecule has 0 atom stereocenters. The number of carbonyl (C=O) groups excluding carboxylic acids is 1. The number of amides is 2. The molecule has 0 spiro atoms. The molecule has 0 bridgehead atoms. The number of pyridine rings is 1. The van der Waals surface area contributed by atoms with Gasteiger partial charge in [-0.05, 0) is 43.2 Å². The summed E-state index contributed by atoms with van der Waals surface area (Å²) in [6.07, 6.45) is -1.64. The predicted octanol–water partition coefficient (Wildman–Crippen LogP) is 3.36. The zero-order chi connectivity index (χ0) is 22.3. The van der Waals surface area contributed by atoms with Crippen molar-refractivity contribution in [3.05, 3.63) is 53.7 Å². The summed E-state index contributed by atoms with van der Waals surface area (Å²) in [5, 5.41) is 14.4. The van der Waals surface area contributed by atoms with Crippen molar-refractivity contribution in [3.8, 4) is 11.9 Å². The summed E-state index contributed by atoms with van der Waals surface area (Å²) in [7, 11) is 0. The van der Waals surface area contributed by atoms with Gasteiger partial charge in [0.25, 0.3) is 0 Å². The number of nitriles is 1. The first-order valence-electron chi connectivity index (χ1n) is 9.77. The van der Waals surface area contributed by atoms with Crippen LogP contribution >= 0.6 is 0 Å². The molecule has 2 aromatic rings. The fraction of sp³-hybridized carbons (Fsp3) is 0.381. The number of aromatic nitrogens is 1. The zero-order valence-electron chi connectivity index (χ0n) is 16.7. The molecule has 1 aliphatic heterocycles. The highest BCUT2D eigenvalue weighted by Crippen LogP contribution is 2.21.